The summed E-state index contributed by atoms with van der Waals surface area (Å²) in [6.45, 7) is 4.73. The Morgan fingerprint density at radius 2 is 1.92 bits per heavy atom. The molecule has 1 aromatic rings. The zero-order chi connectivity index (χ0) is 15.5. The first-order chi connectivity index (χ1) is 10.7. The zero-order valence-electron chi connectivity index (χ0n) is 14.4. The Morgan fingerprint density at radius 3 is 2.44 bits per heavy atom. The summed E-state index contributed by atoms with van der Waals surface area (Å²) in [5, 5.41) is 4.19. The molecule has 1 aromatic heterocycles. The van der Waals surface area contributed by atoms with Crippen molar-refractivity contribution in [3.63, 3.8) is 0 Å². The summed E-state index contributed by atoms with van der Waals surface area (Å²) in [7, 11) is 1.93. The Kier molecular flexibility index (Phi) is 11.0. The molecular weight excluding hydrogens is 389 g/mol. The number of nitrogens with zero attached hydrogens (tertiary/aromatic N) is 4. The minimum atomic E-state index is -0.279. The highest BCUT2D eigenvalue weighted by atomic mass is 35.5. The van der Waals surface area contributed by atoms with E-state index < -0.39 is 0 Å². The zero-order valence-corrected chi connectivity index (χ0v) is 16.8. The first kappa shape index (κ1) is 24.4. The number of hydrogen-bond donors (Lipinski definition) is 1. The van der Waals surface area contributed by atoms with Crippen molar-refractivity contribution in [2.24, 2.45) is 12.8 Å². The van der Waals surface area contributed by atoms with Crippen molar-refractivity contribution in [1.29, 1.82) is 0 Å². The number of aromatic nitrogens is 2. The van der Waals surface area contributed by atoms with Gasteiger partial charge in [0.15, 0.2) is 0 Å². The van der Waals surface area contributed by atoms with Gasteiger partial charge in [0.2, 0.25) is 0 Å². The Hall–Kier alpha value is -0.570. The van der Waals surface area contributed by atoms with Gasteiger partial charge in [0.25, 0.3) is 5.91 Å². The van der Waals surface area contributed by atoms with Gasteiger partial charge >= 0.3 is 0 Å². The fourth-order valence-electron chi connectivity index (χ4n) is 3.20. The number of hydrogen-bond acceptors (Lipinski definition) is 5. The standard InChI is InChI=1S/C15H25N5O2.3ClH/c1-18-10-12(9-17-18)11-19-4-6-20(7-5-19)15(21)14-3-2-13(8-16)22-14;;;/h9-10,13-14H,2-8,11,16H2,1H3;3*1H/t13-,14+;;;/m1.../s1. The molecule has 3 rings (SSSR count). The fourth-order valence-corrected chi connectivity index (χ4v) is 3.20. The van der Waals surface area contributed by atoms with E-state index in [2.05, 4.69) is 10.00 Å². The maximum atomic E-state index is 12.5. The lowest BCUT2D eigenvalue weighted by molar-refractivity contribution is -0.144. The molecule has 2 saturated heterocycles. The Balaban J connectivity index is 0.00000192. The van der Waals surface area contributed by atoms with E-state index in [9.17, 15) is 4.79 Å². The highest BCUT2D eigenvalue weighted by molar-refractivity contribution is 5.86. The van der Waals surface area contributed by atoms with Crippen LogP contribution in [0.2, 0.25) is 0 Å². The first-order valence-corrected chi connectivity index (χ1v) is 8.00. The van der Waals surface area contributed by atoms with Crippen molar-refractivity contribution in [1.82, 2.24) is 19.6 Å². The number of rotatable bonds is 4. The molecule has 2 N–H and O–H groups in total. The molecule has 0 aromatic carbocycles. The minimum absolute atomic E-state index is 0. The van der Waals surface area contributed by atoms with E-state index in [1.165, 1.54) is 5.56 Å². The number of aryl methyl sites for hydroxylation is 1. The molecule has 10 heteroatoms. The normalized spacial score (nSPS) is 23.4. The Labute approximate surface area is 167 Å². The molecule has 25 heavy (non-hydrogen) atoms. The van der Waals surface area contributed by atoms with E-state index >= 15 is 0 Å². The molecule has 0 radical (unpaired) electrons. The lowest BCUT2D eigenvalue weighted by Crippen LogP contribution is -2.51. The maximum absolute atomic E-state index is 12.5. The third kappa shape index (κ3) is 6.27. The summed E-state index contributed by atoms with van der Waals surface area (Å²) in [5.41, 5.74) is 6.82. The molecule has 7 nitrogen and oxygen atoms in total. The molecule has 0 bridgehead atoms. The van der Waals surface area contributed by atoms with Crippen LogP contribution in [0.4, 0.5) is 0 Å². The molecule has 146 valence electrons. The van der Waals surface area contributed by atoms with Crippen molar-refractivity contribution in [3.05, 3.63) is 18.0 Å². The van der Waals surface area contributed by atoms with Gasteiger partial charge in [-0.2, -0.15) is 5.10 Å². The molecular formula is C15H28Cl3N5O2. The van der Waals surface area contributed by atoms with Crippen LogP contribution in [0.1, 0.15) is 18.4 Å². The Morgan fingerprint density at radius 1 is 1.24 bits per heavy atom. The lowest BCUT2D eigenvalue weighted by atomic mass is 10.1. The third-order valence-corrected chi connectivity index (χ3v) is 4.49. The van der Waals surface area contributed by atoms with Gasteiger partial charge in [-0.1, -0.05) is 0 Å². The highest BCUT2D eigenvalue weighted by Gasteiger charge is 2.34. The van der Waals surface area contributed by atoms with Crippen LogP contribution in [0.25, 0.3) is 0 Å². The predicted molar refractivity (Wildman–Crippen MR) is 104 cm³/mol. The summed E-state index contributed by atoms with van der Waals surface area (Å²) in [6, 6.07) is 0. The van der Waals surface area contributed by atoms with Crippen LogP contribution in [0.15, 0.2) is 12.4 Å². The van der Waals surface area contributed by atoms with Crippen LogP contribution in [0, 0.1) is 0 Å². The first-order valence-electron chi connectivity index (χ1n) is 8.00. The van der Waals surface area contributed by atoms with Crippen molar-refractivity contribution in [2.45, 2.75) is 31.6 Å². The number of nitrogens with two attached hydrogens (primary N) is 1. The van der Waals surface area contributed by atoms with Gasteiger partial charge in [0, 0.05) is 58.1 Å². The average Bonchev–Trinajstić information content (AvgIpc) is 3.16. The number of amides is 1. The second-order valence-electron chi connectivity index (χ2n) is 6.18. The molecule has 0 unspecified atom stereocenters. The van der Waals surface area contributed by atoms with Crippen LogP contribution in [-0.4, -0.2) is 70.4 Å². The number of piperazine rings is 1. The van der Waals surface area contributed by atoms with E-state index in [0.29, 0.717) is 6.54 Å². The van der Waals surface area contributed by atoms with Gasteiger partial charge in [0.05, 0.1) is 12.3 Å². The summed E-state index contributed by atoms with van der Waals surface area (Å²) < 4.78 is 7.53. The van der Waals surface area contributed by atoms with Gasteiger partial charge in [0.1, 0.15) is 6.10 Å². The van der Waals surface area contributed by atoms with E-state index in [1.807, 2.05) is 29.0 Å². The molecule has 2 fully saturated rings. The van der Waals surface area contributed by atoms with Gasteiger partial charge < -0.3 is 15.4 Å². The number of carbonyl (C=O) groups excluding carboxylic acids is 1. The van der Waals surface area contributed by atoms with Gasteiger partial charge in [-0.05, 0) is 12.8 Å². The van der Waals surface area contributed by atoms with Crippen LogP contribution in [0.3, 0.4) is 0 Å². The molecule has 2 aliphatic rings. The van der Waals surface area contributed by atoms with Gasteiger partial charge in [-0.25, -0.2) is 0 Å². The number of carbonyl (C=O) groups is 1. The van der Waals surface area contributed by atoms with E-state index in [1.54, 1.807) is 0 Å². The lowest BCUT2D eigenvalue weighted by Gasteiger charge is -2.35. The van der Waals surface area contributed by atoms with E-state index in [-0.39, 0.29) is 55.3 Å². The molecule has 2 aliphatic heterocycles. The second kappa shape index (κ2) is 11.2. The van der Waals surface area contributed by atoms with Crippen molar-refractivity contribution >= 4 is 43.1 Å². The number of halogens is 3. The van der Waals surface area contributed by atoms with Crippen molar-refractivity contribution in [3.8, 4) is 0 Å². The Bertz CT molecular complexity index is 523. The fraction of sp³-hybridized carbons (Fsp3) is 0.733. The minimum Gasteiger partial charge on any atom is -0.364 e. The van der Waals surface area contributed by atoms with Gasteiger partial charge in [-0.15, -0.1) is 37.2 Å². The quantitative estimate of drug-likeness (QED) is 0.787. The predicted octanol–water partition coefficient (Wildman–Crippen LogP) is 0.836. The van der Waals surface area contributed by atoms with Crippen molar-refractivity contribution < 1.29 is 9.53 Å². The largest absolute Gasteiger partial charge is 0.364 e. The van der Waals surface area contributed by atoms with Crippen LogP contribution < -0.4 is 5.73 Å². The summed E-state index contributed by atoms with van der Waals surface area (Å²) in [4.78, 5) is 16.8. The van der Waals surface area contributed by atoms with Crippen LogP contribution in [0.5, 0.6) is 0 Å². The highest BCUT2D eigenvalue weighted by Crippen LogP contribution is 2.21. The maximum Gasteiger partial charge on any atom is 0.251 e. The summed E-state index contributed by atoms with van der Waals surface area (Å²) in [5.74, 6) is 0.136. The molecule has 3 heterocycles. The molecule has 2 atom stereocenters. The van der Waals surface area contributed by atoms with Crippen LogP contribution in [-0.2, 0) is 23.1 Å². The third-order valence-electron chi connectivity index (χ3n) is 4.49. The van der Waals surface area contributed by atoms with E-state index in [4.69, 9.17) is 10.5 Å². The summed E-state index contributed by atoms with van der Waals surface area (Å²) >= 11 is 0. The topological polar surface area (TPSA) is 76.6 Å². The van der Waals surface area contributed by atoms with E-state index in [0.717, 1.165) is 45.6 Å². The molecule has 0 aliphatic carbocycles. The molecule has 1 amide bonds. The molecule has 0 spiro atoms. The second-order valence-corrected chi connectivity index (χ2v) is 6.18. The van der Waals surface area contributed by atoms with Crippen LogP contribution >= 0.6 is 37.2 Å². The van der Waals surface area contributed by atoms with Gasteiger partial charge in [-0.3, -0.25) is 14.4 Å². The monoisotopic (exact) mass is 415 g/mol. The smallest absolute Gasteiger partial charge is 0.251 e. The average molecular weight is 417 g/mol. The van der Waals surface area contributed by atoms with Crippen molar-refractivity contribution in [2.75, 3.05) is 32.7 Å². The SMILES string of the molecule is Cl.Cl.Cl.Cn1cc(CN2CCN(C(=O)[C@@H]3CC[C@H](CN)O3)CC2)cn1. The molecule has 0 saturated carbocycles. The number of ether oxygens (including phenoxy) is 1. The summed E-state index contributed by atoms with van der Waals surface area (Å²) in [6.07, 6.45) is 5.41.